The fourth-order valence-corrected chi connectivity index (χ4v) is 2.74. The van der Waals surface area contributed by atoms with E-state index in [4.69, 9.17) is 23.7 Å². The molecule has 0 radical (unpaired) electrons. The van der Waals surface area contributed by atoms with Gasteiger partial charge in [0, 0.05) is 13.7 Å². The minimum Gasteiger partial charge on any atom is -0.458 e. The Morgan fingerprint density at radius 3 is 1.65 bits per heavy atom. The van der Waals surface area contributed by atoms with Gasteiger partial charge in [-0.25, -0.2) is 24.1 Å². The maximum Gasteiger partial charge on any atom is 0.417 e. The molecular formula is C27H50N4O9. The summed E-state index contributed by atoms with van der Waals surface area (Å²) in [4.78, 5) is 56.4. The number of amides is 3. The average Bonchev–Trinajstić information content (AvgIpc) is 2.67. The van der Waals surface area contributed by atoms with Gasteiger partial charge in [0.05, 0.1) is 13.2 Å². The zero-order valence-electron chi connectivity index (χ0n) is 26.5. The molecule has 0 aromatic heterocycles. The van der Waals surface area contributed by atoms with Crippen molar-refractivity contribution in [2.75, 3.05) is 26.8 Å². The van der Waals surface area contributed by atoms with E-state index >= 15 is 0 Å². The molecule has 0 rings (SSSR count). The van der Waals surface area contributed by atoms with Gasteiger partial charge in [-0.15, -0.1) is 0 Å². The molecule has 0 heterocycles. The molecule has 0 aliphatic rings. The van der Waals surface area contributed by atoms with Crippen molar-refractivity contribution < 1.29 is 42.9 Å². The zero-order chi connectivity index (χ0) is 31.5. The van der Waals surface area contributed by atoms with Crippen LogP contribution in [0, 0.1) is 0 Å². The average molecular weight is 575 g/mol. The second-order valence-electron chi connectivity index (χ2n) is 13.0. The lowest BCUT2D eigenvalue weighted by Gasteiger charge is -2.29. The monoisotopic (exact) mass is 574 g/mol. The van der Waals surface area contributed by atoms with E-state index in [1.54, 1.807) is 83.1 Å². The highest BCUT2D eigenvalue weighted by atomic mass is 16.6. The summed E-state index contributed by atoms with van der Waals surface area (Å²) in [5.74, 6) is -0.876. The largest absolute Gasteiger partial charge is 0.458 e. The normalized spacial score (nSPS) is 13.6. The standard InChI is InChI=1S/C27H50N4O9/c1-24(2,3)37-19(32)18(29-21(33)38-25(4,5)6)14-15-28-20(30-22(34)39-26(7,8)9)31(16-17-36-13)23(35)40-27(10,11)12/h18H,14-17H2,1-13H3,(H,29,33)(H,28,30,34)/t18-/m0/s1. The Labute approximate surface area is 238 Å². The lowest BCUT2D eigenvalue weighted by molar-refractivity contribution is -0.157. The quantitative estimate of drug-likeness (QED) is 0.186. The maximum absolute atomic E-state index is 13.0. The number of ether oxygens (including phenoxy) is 5. The summed E-state index contributed by atoms with van der Waals surface area (Å²) in [6.07, 6.45) is -2.49. The van der Waals surface area contributed by atoms with Gasteiger partial charge in [-0.3, -0.25) is 10.3 Å². The summed E-state index contributed by atoms with van der Waals surface area (Å²) in [7, 11) is 1.46. The highest BCUT2D eigenvalue weighted by Gasteiger charge is 2.31. The Balaban J connectivity index is 6.20. The van der Waals surface area contributed by atoms with E-state index in [1.165, 1.54) is 7.11 Å². The summed E-state index contributed by atoms with van der Waals surface area (Å²) in [6.45, 7) is 20.3. The molecule has 0 bridgehead atoms. The fourth-order valence-electron chi connectivity index (χ4n) is 2.74. The van der Waals surface area contributed by atoms with Crippen LogP contribution in [-0.4, -0.2) is 90.4 Å². The first-order valence-electron chi connectivity index (χ1n) is 13.2. The third kappa shape index (κ3) is 18.2. The molecular weight excluding hydrogens is 524 g/mol. The topological polar surface area (TPSA) is 154 Å². The highest BCUT2D eigenvalue weighted by molar-refractivity contribution is 6.01. The summed E-state index contributed by atoms with van der Waals surface area (Å²) in [5.41, 5.74) is -3.26. The number of aliphatic imine (C=N–C) groups is 1. The van der Waals surface area contributed by atoms with Gasteiger partial charge in [-0.2, -0.15) is 0 Å². The van der Waals surface area contributed by atoms with Gasteiger partial charge in [-0.1, -0.05) is 0 Å². The molecule has 0 aromatic carbocycles. The molecule has 3 amide bonds. The van der Waals surface area contributed by atoms with Crippen molar-refractivity contribution in [1.29, 1.82) is 0 Å². The van der Waals surface area contributed by atoms with Gasteiger partial charge in [0.2, 0.25) is 5.96 Å². The Morgan fingerprint density at radius 1 is 0.725 bits per heavy atom. The molecule has 13 heteroatoms. The van der Waals surface area contributed by atoms with Crippen LogP contribution in [0.5, 0.6) is 0 Å². The Kier molecular flexibility index (Phi) is 13.9. The number of esters is 1. The van der Waals surface area contributed by atoms with Crippen LogP contribution in [0.3, 0.4) is 0 Å². The summed E-state index contributed by atoms with van der Waals surface area (Å²) >= 11 is 0. The molecule has 0 saturated carbocycles. The van der Waals surface area contributed by atoms with Crippen molar-refractivity contribution in [3.05, 3.63) is 0 Å². The molecule has 0 saturated heterocycles. The van der Waals surface area contributed by atoms with E-state index in [-0.39, 0.29) is 32.1 Å². The van der Waals surface area contributed by atoms with Crippen molar-refractivity contribution in [3.8, 4) is 0 Å². The van der Waals surface area contributed by atoms with Crippen molar-refractivity contribution in [2.45, 2.75) is 118 Å². The molecule has 2 N–H and O–H groups in total. The first-order chi connectivity index (χ1) is 17.9. The number of rotatable bonds is 8. The van der Waals surface area contributed by atoms with Gasteiger partial charge >= 0.3 is 24.2 Å². The SMILES string of the molecule is COCCN(C(=O)OC(C)(C)C)C(=NCC[C@H](NC(=O)OC(C)(C)C)C(=O)OC(C)(C)C)NC(=O)OC(C)(C)C. The summed E-state index contributed by atoms with van der Waals surface area (Å²) in [6, 6.07) is -1.13. The van der Waals surface area contributed by atoms with Crippen molar-refractivity contribution in [2.24, 2.45) is 4.99 Å². The molecule has 0 spiro atoms. The van der Waals surface area contributed by atoms with Crippen LogP contribution < -0.4 is 10.6 Å². The van der Waals surface area contributed by atoms with Gasteiger partial charge in [0.15, 0.2) is 0 Å². The molecule has 0 fully saturated rings. The molecule has 0 unspecified atom stereocenters. The van der Waals surface area contributed by atoms with E-state index < -0.39 is 52.7 Å². The highest BCUT2D eigenvalue weighted by Crippen LogP contribution is 2.14. The van der Waals surface area contributed by atoms with E-state index in [0.29, 0.717) is 0 Å². The van der Waals surface area contributed by atoms with Crippen LogP contribution in [-0.2, 0) is 28.5 Å². The Bertz CT molecular complexity index is 892. The smallest absolute Gasteiger partial charge is 0.417 e. The number of carbonyl (C=O) groups excluding carboxylic acids is 4. The first kappa shape index (κ1) is 36.9. The Morgan fingerprint density at radius 2 is 1.20 bits per heavy atom. The van der Waals surface area contributed by atoms with Crippen LogP contribution >= 0.6 is 0 Å². The first-order valence-corrected chi connectivity index (χ1v) is 13.2. The minimum absolute atomic E-state index is 0.00824. The van der Waals surface area contributed by atoms with E-state index in [0.717, 1.165) is 4.90 Å². The molecule has 1 atom stereocenters. The summed E-state index contributed by atoms with van der Waals surface area (Å²) < 4.78 is 26.7. The van der Waals surface area contributed by atoms with E-state index in [2.05, 4.69) is 15.6 Å². The lowest BCUT2D eigenvalue weighted by atomic mass is 10.1. The van der Waals surface area contributed by atoms with Crippen LogP contribution in [0.4, 0.5) is 14.4 Å². The predicted molar refractivity (Wildman–Crippen MR) is 150 cm³/mol. The molecule has 232 valence electrons. The van der Waals surface area contributed by atoms with Crippen molar-refractivity contribution >= 4 is 30.2 Å². The Hall–Kier alpha value is -3.09. The third-order valence-corrected chi connectivity index (χ3v) is 4.06. The number of hydrogen-bond donors (Lipinski definition) is 2. The maximum atomic E-state index is 13.0. The molecule has 0 aromatic rings. The van der Waals surface area contributed by atoms with Gasteiger partial charge in [0.1, 0.15) is 28.4 Å². The van der Waals surface area contributed by atoms with Crippen molar-refractivity contribution in [3.63, 3.8) is 0 Å². The number of methoxy groups -OCH3 is 1. The van der Waals surface area contributed by atoms with Crippen LogP contribution in [0.2, 0.25) is 0 Å². The van der Waals surface area contributed by atoms with Crippen LogP contribution in [0.1, 0.15) is 89.5 Å². The van der Waals surface area contributed by atoms with E-state index in [1.807, 2.05) is 0 Å². The summed E-state index contributed by atoms with van der Waals surface area (Å²) in [5, 5.41) is 5.01. The molecule has 40 heavy (non-hydrogen) atoms. The molecule has 0 aliphatic heterocycles. The third-order valence-electron chi connectivity index (χ3n) is 4.06. The number of guanidine groups is 1. The second-order valence-corrected chi connectivity index (χ2v) is 13.0. The number of carbonyl (C=O) groups is 4. The van der Waals surface area contributed by atoms with Gasteiger partial charge in [-0.05, 0) is 89.5 Å². The predicted octanol–water partition coefficient (Wildman–Crippen LogP) is 4.38. The molecule has 13 nitrogen and oxygen atoms in total. The second kappa shape index (κ2) is 15.1. The number of nitrogens with one attached hydrogen (secondary N) is 2. The number of nitrogens with zero attached hydrogens (tertiary/aromatic N) is 2. The van der Waals surface area contributed by atoms with Gasteiger partial charge < -0.3 is 29.0 Å². The fraction of sp³-hybridized carbons (Fsp3) is 0.815. The van der Waals surface area contributed by atoms with Crippen molar-refractivity contribution in [1.82, 2.24) is 15.5 Å². The van der Waals surface area contributed by atoms with Crippen LogP contribution in [0.15, 0.2) is 4.99 Å². The van der Waals surface area contributed by atoms with Gasteiger partial charge in [0.25, 0.3) is 0 Å². The van der Waals surface area contributed by atoms with Crippen LogP contribution in [0.25, 0.3) is 0 Å². The lowest BCUT2D eigenvalue weighted by Crippen LogP contribution is -2.51. The minimum atomic E-state index is -1.13. The number of hydrogen-bond acceptors (Lipinski definition) is 10. The van der Waals surface area contributed by atoms with E-state index in [9.17, 15) is 19.2 Å². The molecule has 0 aliphatic carbocycles. The zero-order valence-corrected chi connectivity index (χ0v) is 26.5. The number of alkyl carbamates (subject to hydrolysis) is 2.